The number of nitrogens with zero attached hydrogens (tertiary/aromatic N) is 2. The molecule has 0 fully saturated rings. The van der Waals surface area contributed by atoms with Crippen molar-refractivity contribution in [3.63, 3.8) is 0 Å². The highest BCUT2D eigenvalue weighted by Gasteiger charge is 2.05. The second-order valence-electron chi connectivity index (χ2n) is 3.24. The fourth-order valence-electron chi connectivity index (χ4n) is 1.26. The van der Waals surface area contributed by atoms with Crippen molar-refractivity contribution in [2.75, 3.05) is 5.32 Å². The number of carbonyl (C=O) groups excluding carboxylic acids is 1. The van der Waals surface area contributed by atoms with E-state index in [1.54, 1.807) is 29.2 Å². The van der Waals surface area contributed by atoms with E-state index in [1.165, 1.54) is 0 Å². The fourth-order valence-corrected chi connectivity index (χ4v) is 1.26. The van der Waals surface area contributed by atoms with Crippen LogP contribution in [0.1, 0.15) is 10.4 Å². The van der Waals surface area contributed by atoms with Crippen LogP contribution in [0.4, 0.5) is 5.82 Å². The number of hydrogen-bond donors (Lipinski definition) is 1. The first-order valence-corrected chi connectivity index (χ1v) is 4.60. The van der Waals surface area contributed by atoms with Gasteiger partial charge >= 0.3 is 0 Å². The monoisotopic (exact) mass is 201 g/mol. The number of aryl methyl sites for hydroxylation is 1. The molecule has 0 bridgehead atoms. The van der Waals surface area contributed by atoms with Crippen molar-refractivity contribution in [3.05, 3.63) is 48.4 Å². The molecule has 0 aliphatic carbocycles. The van der Waals surface area contributed by atoms with Gasteiger partial charge in [-0.25, -0.2) is 4.98 Å². The summed E-state index contributed by atoms with van der Waals surface area (Å²) < 4.78 is 1.78. The molecule has 0 spiro atoms. The van der Waals surface area contributed by atoms with Crippen LogP contribution in [-0.2, 0) is 7.05 Å². The number of nitrogens with one attached hydrogen (secondary N) is 1. The van der Waals surface area contributed by atoms with Crippen LogP contribution in [0.25, 0.3) is 0 Å². The zero-order valence-corrected chi connectivity index (χ0v) is 8.34. The summed E-state index contributed by atoms with van der Waals surface area (Å²) in [6.45, 7) is 0. The maximum atomic E-state index is 11.7. The molecule has 0 saturated heterocycles. The lowest BCUT2D eigenvalue weighted by Crippen LogP contribution is -2.11. The predicted octanol–water partition coefficient (Wildman–Crippen LogP) is 1.67. The Morgan fingerprint density at radius 2 is 2.07 bits per heavy atom. The molecule has 2 aromatic rings. The van der Waals surface area contributed by atoms with Gasteiger partial charge in [0.2, 0.25) is 0 Å². The highest BCUT2D eigenvalue weighted by Crippen LogP contribution is 2.05. The number of imidazole rings is 1. The maximum Gasteiger partial charge on any atom is 0.256 e. The maximum absolute atomic E-state index is 11.7. The van der Waals surface area contributed by atoms with Gasteiger partial charge in [0.25, 0.3) is 5.91 Å². The molecule has 0 radical (unpaired) electrons. The Labute approximate surface area is 87.6 Å². The number of anilines is 1. The third kappa shape index (κ3) is 2.22. The average molecular weight is 201 g/mol. The Morgan fingerprint density at radius 3 is 2.67 bits per heavy atom. The molecule has 15 heavy (non-hydrogen) atoms. The average Bonchev–Trinajstić information content (AvgIpc) is 2.65. The summed E-state index contributed by atoms with van der Waals surface area (Å²) in [5.74, 6) is 0.417. The summed E-state index contributed by atoms with van der Waals surface area (Å²) in [6.07, 6.45) is 3.39. The zero-order valence-electron chi connectivity index (χ0n) is 8.34. The largest absolute Gasteiger partial charge is 0.338 e. The molecule has 1 amide bonds. The van der Waals surface area contributed by atoms with Gasteiger partial charge in [0.05, 0.1) is 6.33 Å². The Morgan fingerprint density at radius 1 is 1.33 bits per heavy atom. The van der Waals surface area contributed by atoms with Crippen molar-refractivity contribution in [2.24, 2.45) is 7.05 Å². The van der Waals surface area contributed by atoms with E-state index in [0.717, 1.165) is 0 Å². The minimum atomic E-state index is -0.144. The van der Waals surface area contributed by atoms with Crippen LogP contribution in [0.2, 0.25) is 0 Å². The van der Waals surface area contributed by atoms with Crippen molar-refractivity contribution in [3.8, 4) is 0 Å². The molecular formula is C11H11N3O. The SMILES string of the molecule is Cn1cnc(NC(=O)c2ccccc2)c1. The minimum Gasteiger partial charge on any atom is -0.338 e. The Kier molecular flexibility index (Phi) is 2.49. The molecule has 1 N–H and O–H groups in total. The first-order valence-electron chi connectivity index (χ1n) is 4.60. The Hall–Kier alpha value is -2.10. The smallest absolute Gasteiger partial charge is 0.256 e. The van der Waals surface area contributed by atoms with Crippen LogP contribution in [-0.4, -0.2) is 15.5 Å². The lowest BCUT2D eigenvalue weighted by molar-refractivity contribution is 0.102. The van der Waals surface area contributed by atoms with Gasteiger partial charge in [-0.1, -0.05) is 18.2 Å². The molecule has 1 aromatic heterocycles. The number of hydrogen-bond acceptors (Lipinski definition) is 2. The van der Waals surface area contributed by atoms with Gasteiger partial charge < -0.3 is 9.88 Å². The van der Waals surface area contributed by atoms with E-state index in [-0.39, 0.29) is 5.91 Å². The molecule has 0 saturated carbocycles. The molecule has 0 atom stereocenters. The highest BCUT2D eigenvalue weighted by molar-refractivity contribution is 6.03. The van der Waals surface area contributed by atoms with Crippen molar-refractivity contribution in [2.45, 2.75) is 0 Å². The second-order valence-corrected chi connectivity index (χ2v) is 3.24. The van der Waals surface area contributed by atoms with Gasteiger partial charge in [-0.05, 0) is 12.1 Å². The topological polar surface area (TPSA) is 46.9 Å². The lowest BCUT2D eigenvalue weighted by Gasteiger charge is -2.00. The minimum absolute atomic E-state index is 0.144. The summed E-state index contributed by atoms with van der Waals surface area (Å²) in [7, 11) is 1.85. The standard InChI is InChI=1S/C11H11N3O/c1-14-7-10(12-8-14)13-11(15)9-5-3-2-4-6-9/h2-8H,1H3,(H,13,15). The van der Waals surface area contributed by atoms with E-state index in [2.05, 4.69) is 10.3 Å². The van der Waals surface area contributed by atoms with E-state index in [0.29, 0.717) is 11.4 Å². The Balaban J connectivity index is 2.11. The van der Waals surface area contributed by atoms with Crippen molar-refractivity contribution < 1.29 is 4.79 Å². The van der Waals surface area contributed by atoms with Crippen LogP contribution in [0.3, 0.4) is 0 Å². The summed E-state index contributed by atoms with van der Waals surface area (Å²) in [6, 6.07) is 9.05. The molecular weight excluding hydrogens is 190 g/mol. The predicted molar refractivity (Wildman–Crippen MR) is 57.6 cm³/mol. The van der Waals surface area contributed by atoms with Crippen molar-refractivity contribution in [1.82, 2.24) is 9.55 Å². The summed E-state index contributed by atoms with van der Waals surface area (Å²) in [5.41, 5.74) is 0.628. The van der Waals surface area contributed by atoms with E-state index in [1.807, 2.05) is 25.2 Å². The molecule has 1 heterocycles. The van der Waals surface area contributed by atoms with Crippen molar-refractivity contribution in [1.29, 1.82) is 0 Å². The quantitative estimate of drug-likeness (QED) is 0.803. The third-order valence-corrected chi connectivity index (χ3v) is 1.98. The molecule has 0 unspecified atom stereocenters. The number of aromatic nitrogens is 2. The van der Waals surface area contributed by atoms with Gasteiger partial charge in [0.1, 0.15) is 0 Å². The van der Waals surface area contributed by atoms with Crippen LogP contribution in [0, 0.1) is 0 Å². The third-order valence-electron chi connectivity index (χ3n) is 1.98. The summed E-state index contributed by atoms with van der Waals surface area (Å²) in [5, 5.41) is 2.71. The molecule has 0 aliphatic rings. The van der Waals surface area contributed by atoms with E-state index in [4.69, 9.17) is 0 Å². The number of carbonyl (C=O) groups is 1. The molecule has 1 aromatic carbocycles. The number of rotatable bonds is 2. The van der Waals surface area contributed by atoms with Crippen LogP contribution >= 0.6 is 0 Å². The first-order chi connectivity index (χ1) is 7.25. The van der Waals surface area contributed by atoms with Gasteiger partial charge in [-0.3, -0.25) is 4.79 Å². The van der Waals surface area contributed by atoms with Crippen LogP contribution in [0.15, 0.2) is 42.9 Å². The van der Waals surface area contributed by atoms with Gasteiger partial charge in [0.15, 0.2) is 5.82 Å². The number of benzene rings is 1. The fraction of sp³-hybridized carbons (Fsp3) is 0.0909. The van der Waals surface area contributed by atoms with Gasteiger partial charge in [-0.2, -0.15) is 0 Å². The van der Waals surface area contributed by atoms with Crippen molar-refractivity contribution >= 4 is 11.7 Å². The lowest BCUT2D eigenvalue weighted by atomic mass is 10.2. The molecule has 0 aliphatic heterocycles. The molecule has 2 rings (SSSR count). The normalized spacial score (nSPS) is 9.93. The molecule has 4 nitrogen and oxygen atoms in total. The van der Waals surface area contributed by atoms with Crippen LogP contribution in [0.5, 0.6) is 0 Å². The second kappa shape index (κ2) is 3.96. The Bertz CT molecular complexity index is 462. The number of amides is 1. The summed E-state index contributed by atoms with van der Waals surface area (Å²) >= 11 is 0. The van der Waals surface area contributed by atoms with Gasteiger partial charge in [0, 0.05) is 18.8 Å². The van der Waals surface area contributed by atoms with E-state index in [9.17, 15) is 4.79 Å². The summed E-state index contributed by atoms with van der Waals surface area (Å²) in [4.78, 5) is 15.7. The van der Waals surface area contributed by atoms with Gasteiger partial charge in [-0.15, -0.1) is 0 Å². The van der Waals surface area contributed by atoms with E-state index < -0.39 is 0 Å². The highest BCUT2D eigenvalue weighted by atomic mass is 16.1. The molecule has 4 heteroatoms. The zero-order chi connectivity index (χ0) is 10.7. The molecule has 76 valence electrons. The first kappa shape index (κ1) is 9.45. The van der Waals surface area contributed by atoms with Crippen LogP contribution < -0.4 is 5.32 Å². The van der Waals surface area contributed by atoms with E-state index >= 15 is 0 Å².